The Morgan fingerprint density at radius 1 is 1.03 bits per heavy atom. The molecule has 4 aliphatic rings. The highest BCUT2D eigenvalue weighted by Gasteiger charge is 2.52. The first kappa shape index (κ1) is 26.2. The van der Waals surface area contributed by atoms with Crippen LogP contribution in [0.25, 0.3) is 0 Å². The van der Waals surface area contributed by atoms with Crippen LogP contribution >= 0.6 is 0 Å². The first-order valence-corrected chi connectivity index (χ1v) is 14.2. The SMILES string of the molecule is COc1cc2c(cc1OC)C(=O)C(CCCCCN1CCC34C=C[C@H](O)C[C@@H]3Oc3c(OC)ccc(c34)C1)C2. The van der Waals surface area contributed by atoms with Crippen molar-refractivity contribution >= 4 is 5.78 Å². The largest absolute Gasteiger partial charge is 0.493 e. The minimum absolute atomic E-state index is 0.0540. The molecule has 4 atom stereocenters. The Bertz CT molecular complexity index is 1290. The molecule has 2 aliphatic carbocycles. The molecule has 2 aromatic rings. The van der Waals surface area contributed by atoms with Crippen LogP contribution in [0.15, 0.2) is 36.4 Å². The number of fused-ring (bicyclic) bond motifs is 1. The molecule has 0 amide bonds. The maximum absolute atomic E-state index is 13.0. The topological polar surface area (TPSA) is 77.5 Å². The fraction of sp³-hybridized carbons (Fsp3) is 0.531. The molecule has 208 valence electrons. The van der Waals surface area contributed by atoms with Gasteiger partial charge in [-0.15, -0.1) is 0 Å². The molecule has 6 rings (SSSR count). The van der Waals surface area contributed by atoms with Crippen molar-refractivity contribution in [1.29, 1.82) is 0 Å². The van der Waals surface area contributed by atoms with Gasteiger partial charge in [0.15, 0.2) is 28.8 Å². The van der Waals surface area contributed by atoms with Gasteiger partial charge in [0, 0.05) is 30.0 Å². The lowest BCUT2D eigenvalue weighted by Crippen LogP contribution is -2.43. The molecular weight excluding hydrogens is 494 g/mol. The maximum atomic E-state index is 13.0. The third kappa shape index (κ3) is 4.49. The number of methoxy groups -OCH3 is 3. The average Bonchev–Trinajstić information content (AvgIpc) is 3.38. The summed E-state index contributed by atoms with van der Waals surface area (Å²) in [5.74, 6) is 3.24. The number of nitrogens with zero attached hydrogens (tertiary/aromatic N) is 1. The van der Waals surface area contributed by atoms with Crippen LogP contribution in [-0.2, 0) is 18.4 Å². The van der Waals surface area contributed by atoms with Gasteiger partial charge < -0.3 is 24.1 Å². The number of ketones is 1. The minimum atomic E-state index is -0.465. The van der Waals surface area contributed by atoms with E-state index in [-0.39, 0.29) is 23.2 Å². The van der Waals surface area contributed by atoms with Crippen LogP contribution in [0.3, 0.4) is 0 Å². The molecular formula is C32H39NO6. The number of aliphatic hydroxyl groups excluding tert-OH is 1. The molecule has 2 heterocycles. The second-order valence-electron chi connectivity index (χ2n) is 11.4. The quantitative estimate of drug-likeness (QED) is 0.365. The molecule has 0 fully saturated rings. The zero-order valence-electron chi connectivity index (χ0n) is 23.2. The van der Waals surface area contributed by atoms with Gasteiger partial charge in [-0.1, -0.05) is 31.1 Å². The molecule has 0 radical (unpaired) electrons. The van der Waals surface area contributed by atoms with Crippen LogP contribution in [0.2, 0.25) is 0 Å². The zero-order chi connectivity index (χ0) is 27.1. The maximum Gasteiger partial charge on any atom is 0.166 e. The molecule has 39 heavy (non-hydrogen) atoms. The Morgan fingerprint density at radius 3 is 2.62 bits per heavy atom. The Balaban J connectivity index is 1.06. The number of aliphatic hydroxyl groups is 1. The molecule has 2 aromatic carbocycles. The lowest BCUT2D eigenvalue weighted by Gasteiger charge is -2.35. The predicted octanol–water partition coefficient (Wildman–Crippen LogP) is 4.85. The van der Waals surface area contributed by atoms with Gasteiger partial charge in [-0.25, -0.2) is 0 Å². The van der Waals surface area contributed by atoms with E-state index < -0.39 is 6.10 Å². The molecule has 0 aromatic heterocycles. The fourth-order valence-electron chi connectivity index (χ4n) is 7.22. The Kier molecular flexibility index (Phi) is 7.06. The Labute approximate surface area is 230 Å². The van der Waals surface area contributed by atoms with Crippen LogP contribution in [0.1, 0.15) is 65.6 Å². The van der Waals surface area contributed by atoms with E-state index in [4.69, 9.17) is 18.9 Å². The average molecular weight is 534 g/mol. The number of rotatable bonds is 9. The highest BCUT2D eigenvalue weighted by molar-refractivity contribution is 6.02. The van der Waals surface area contributed by atoms with Gasteiger partial charge in [-0.2, -0.15) is 0 Å². The van der Waals surface area contributed by atoms with Gasteiger partial charge >= 0.3 is 0 Å². The smallest absolute Gasteiger partial charge is 0.166 e. The number of benzene rings is 2. The predicted molar refractivity (Wildman–Crippen MR) is 148 cm³/mol. The number of carbonyl (C=O) groups is 1. The van der Waals surface area contributed by atoms with Gasteiger partial charge in [-0.3, -0.25) is 9.69 Å². The molecule has 2 unspecified atom stereocenters. The standard InChI is InChI=1S/C32H39NO6/c1-36-25-9-8-21-19-33(14-12-32-11-10-23(34)17-28(32)39-31(25)29(21)32)13-6-4-5-7-20-15-22-16-26(37-2)27(38-3)18-24(22)30(20)35/h8-11,16,18,20,23,28,34H,4-7,12-15,17,19H2,1-3H3/t20?,23-,28-,32?/m0/s1. The summed E-state index contributed by atoms with van der Waals surface area (Å²) < 4.78 is 22.9. The van der Waals surface area contributed by atoms with E-state index in [1.807, 2.05) is 24.3 Å². The number of Topliss-reactive ketones (excluding diaryl/α,β-unsaturated/α-hetero) is 1. The van der Waals surface area contributed by atoms with Gasteiger partial charge in [0.1, 0.15) is 6.10 Å². The van der Waals surface area contributed by atoms with Gasteiger partial charge in [0.25, 0.3) is 0 Å². The van der Waals surface area contributed by atoms with Crippen molar-refractivity contribution in [2.75, 3.05) is 34.4 Å². The fourth-order valence-corrected chi connectivity index (χ4v) is 7.22. The van der Waals surface area contributed by atoms with E-state index in [2.05, 4.69) is 17.0 Å². The normalized spacial score (nSPS) is 26.9. The third-order valence-electron chi connectivity index (χ3n) is 9.27. The highest BCUT2D eigenvalue weighted by atomic mass is 16.5. The van der Waals surface area contributed by atoms with Crippen molar-refractivity contribution in [2.24, 2.45) is 5.92 Å². The second-order valence-corrected chi connectivity index (χ2v) is 11.4. The van der Waals surface area contributed by atoms with Crippen LogP contribution in [-0.4, -0.2) is 62.4 Å². The van der Waals surface area contributed by atoms with E-state index in [0.717, 1.165) is 80.8 Å². The van der Waals surface area contributed by atoms with Crippen molar-refractivity contribution in [2.45, 2.75) is 69.1 Å². The monoisotopic (exact) mass is 533 g/mol. The van der Waals surface area contributed by atoms with Crippen molar-refractivity contribution < 1.29 is 28.8 Å². The minimum Gasteiger partial charge on any atom is -0.493 e. The summed E-state index contributed by atoms with van der Waals surface area (Å²) in [6.45, 7) is 2.90. The number of hydrogen-bond acceptors (Lipinski definition) is 7. The molecule has 1 spiro atoms. The summed E-state index contributed by atoms with van der Waals surface area (Å²) in [7, 11) is 4.93. The van der Waals surface area contributed by atoms with Crippen molar-refractivity contribution in [1.82, 2.24) is 4.90 Å². The summed E-state index contributed by atoms with van der Waals surface area (Å²) in [6.07, 6.45) is 10.2. The molecule has 2 aliphatic heterocycles. The first-order chi connectivity index (χ1) is 19.0. The van der Waals surface area contributed by atoms with Crippen LogP contribution in [0.4, 0.5) is 0 Å². The number of hydrogen-bond donors (Lipinski definition) is 1. The third-order valence-corrected chi connectivity index (χ3v) is 9.27. The lowest BCUT2D eigenvalue weighted by atomic mass is 9.69. The summed E-state index contributed by atoms with van der Waals surface area (Å²) in [5, 5.41) is 10.3. The molecule has 0 saturated carbocycles. The van der Waals surface area contributed by atoms with Crippen molar-refractivity contribution in [3.05, 3.63) is 58.7 Å². The van der Waals surface area contributed by atoms with Gasteiger partial charge in [0.05, 0.1) is 32.8 Å². The lowest BCUT2D eigenvalue weighted by molar-refractivity contribution is 0.0808. The highest BCUT2D eigenvalue weighted by Crippen LogP contribution is 2.55. The summed E-state index contributed by atoms with van der Waals surface area (Å²) >= 11 is 0. The number of carbonyl (C=O) groups excluding carboxylic acids is 1. The molecule has 7 heteroatoms. The van der Waals surface area contributed by atoms with E-state index in [9.17, 15) is 9.90 Å². The molecule has 0 saturated heterocycles. The van der Waals surface area contributed by atoms with E-state index in [1.165, 1.54) is 11.1 Å². The van der Waals surface area contributed by atoms with Gasteiger partial charge in [0.2, 0.25) is 0 Å². The summed E-state index contributed by atoms with van der Waals surface area (Å²) in [4.78, 5) is 15.6. The van der Waals surface area contributed by atoms with Crippen molar-refractivity contribution in [3.8, 4) is 23.0 Å². The summed E-state index contributed by atoms with van der Waals surface area (Å²) in [5.41, 5.74) is 4.22. The summed E-state index contributed by atoms with van der Waals surface area (Å²) in [6, 6.07) is 8.01. The van der Waals surface area contributed by atoms with Crippen LogP contribution in [0, 0.1) is 5.92 Å². The molecule has 7 nitrogen and oxygen atoms in total. The van der Waals surface area contributed by atoms with Crippen LogP contribution < -0.4 is 18.9 Å². The number of ether oxygens (including phenoxy) is 4. The zero-order valence-corrected chi connectivity index (χ0v) is 23.2. The number of unbranched alkanes of at least 4 members (excludes halogenated alkanes) is 2. The van der Waals surface area contributed by atoms with Crippen LogP contribution in [0.5, 0.6) is 23.0 Å². The second kappa shape index (κ2) is 10.5. The van der Waals surface area contributed by atoms with Crippen molar-refractivity contribution in [3.63, 3.8) is 0 Å². The Morgan fingerprint density at radius 2 is 1.82 bits per heavy atom. The van der Waals surface area contributed by atoms with E-state index in [0.29, 0.717) is 17.9 Å². The molecule has 1 N–H and O–H groups in total. The first-order valence-electron chi connectivity index (χ1n) is 14.2. The van der Waals surface area contributed by atoms with E-state index in [1.54, 1.807) is 21.3 Å². The van der Waals surface area contributed by atoms with E-state index >= 15 is 0 Å². The Hall–Kier alpha value is -3.03. The van der Waals surface area contributed by atoms with Gasteiger partial charge in [-0.05, 0) is 68.1 Å². The molecule has 0 bridgehead atoms.